The molecule has 29 heavy (non-hydrogen) atoms. The molecule has 160 valence electrons. The summed E-state index contributed by atoms with van der Waals surface area (Å²) in [7, 11) is -3.96. The van der Waals surface area contributed by atoms with Gasteiger partial charge in [0.2, 0.25) is 10.0 Å². The van der Waals surface area contributed by atoms with Crippen LogP contribution in [0.4, 0.5) is 0 Å². The molecular formula is C19H26N2O7S. The van der Waals surface area contributed by atoms with Gasteiger partial charge in [-0.15, -0.1) is 0 Å². The number of carbonyl (C=O) groups is 3. The lowest BCUT2D eigenvalue weighted by Crippen LogP contribution is -2.51. The topological polar surface area (TPSA) is 119 Å². The summed E-state index contributed by atoms with van der Waals surface area (Å²) >= 11 is 0. The van der Waals surface area contributed by atoms with Crippen LogP contribution < -0.4 is 4.72 Å². The van der Waals surface area contributed by atoms with Gasteiger partial charge in [-0.25, -0.2) is 8.42 Å². The number of carbonyl (C=O) groups excluding carboxylic acids is 3. The summed E-state index contributed by atoms with van der Waals surface area (Å²) in [5.41, 5.74) is 0.377. The van der Waals surface area contributed by atoms with Gasteiger partial charge in [0.25, 0.3) is 5.91 Å². The molecule has 0 spiro atoms. The van der Waals surface area contributed by atoms with E-state index >= 15 is 0 Å². The Morgan fingerprint density at radius 2 is 1.72 bits per heavy atom. The molecule has 9 nitrogen and oxygen atoms in total. The Kier molecular flexibility index (Phi) is 7.50. The fraction of sp³-hybridized carbons (Fsp3) is 0.526. The lowest BCUT2D eigenvalue weighted by Gasteiger charge is -2.36. The standard InChI is InChI=1S/C19H26N2O7S/c1-12-10-21(11-13(2)27-12)19(24)15(4)28-18(23)9-20-29(25,26)17-7-5-16(6-8-17)14(3)22/h5-8,12-13,15,20H,9-11H2,1-4H3. The van der Waals surface area contributed by atoms with Crippen molar-refractivity contribution in [1.29, 1.82) is 0 Å². The molecule has 10 heteroatoms. The fourth-order valence-corrected chi connectivity index (χ4v) is 3.98. The third-order valence-electron chi connectivity index (χ3n) is 4.36. The zero-order valence-corrected chi connectivity index (χ0v) is 17.7. The zero-order valence-electron chi connectivity index (χ0n) is 16.9. The van der Waals surface area contributed by atoms with E-state index in [4.69, 9.17) is 9.47 Å². The van der Waals surface area contributed by atoms with Crippen molar-refractivity contribution in [1.82, 2.24) is 9.62 Å². The molecule has 0 bridgehead atoms. The molecule has 1 N–H and O–H groups in total. The van der Waals surface area contributed by atoms with Crippen molar-refractivity contribution in [2.24, 2.45) is 0 Å². The Hall–Kier alpha value is -2.30. The van der Waals surface area contributed by atoms with Crippen molar-refractivity contribution >= 4 is 27.7 Å². The summed E-state index contributed by atoms with van der Waals surface area (Å²) < 4.78 is 37.3. The fourth-order valence-electron chi connectivity index (χ4n) is 3.01. The molecule has 1 fully saturated rings. The van der Waals surface area contributed by atoms with Gasteiger partial charge < -0.3 is 14.4 Å². The molecule has 0 aromatic heterocycles. The Labute approximate surface area is 170 Å². The number of nitrogens with one attached hydrogen (secondary N) is 1. The van der Waals surface area contributed by atoms with Gasteiger partial charge in [-0.2, -0.15) is 4.72 Å². The summed E-state index contributed by atoms with van der Waals surface area (Å²) in [4.78, 5) is 37.2. The van der Waals surface area contributed by atoms with E-state index in [0.29, 0.717) is 18.7 Å². The smallest absolute Gasteiger partial charge is 0.321 e. The first-order valence-corrected chi connectivity index (χ1v) is 10.7. The Bertz CT molecular complexity index is 857. The molecule has 1 aromatic carbocycles. The number of esters is 1. The summed E-state index contributed by atoms with van der Waals surface area (Å²) in [6.45, 7) is 6.69. The minimum absolute atomic E-state index is 0.0873. The lowest BCUT2D eigenvalue weighted by atomic mass is 10.2. The number of rotatable bonds is 7. The molecule has 1 heterocycles. The highest BCUT2D eigenvalue weighted by molar-refractivity contribution is 7.89. The molecule has 1 saturated heterocycles. The summed E-state index contributed by atoms with van der Waals surface area (Å²) in [6, 6.07) is 5.33. The summed E-state index contributed by atoms with van der Waals surface area (Å²) in [5, 5.41) is 0. The molecule has 1 aliphatic heterocycles. The minimum Gasteiger partial charge on any atom is -0.452 e. The van der Waals surface area contributed by atoms with Crippen molar-refractivity contribution < 1.29 is 32.3 Å². The van der Waals surface area contributed by atoms with Crippen LogP contribution in [-0.4, -0.2) is 68.9 Å². The number of hydrogen-bond donors (Lipinski definition) is 1. The van der Waals surface area contributed by atoms with E-state index in [-0.39, 0.29) is 28.8 Å². The third kappa shape index (κ3) is 6.34. The number of amides is 1. The van der Waals surface area contributed by atoms with Crippen LogP contribution >= 0.6 is 0 Å². The Morgan fingerprint density at radius 1 is 1.17 bits per heavy atom. The van der Waals surface area contributed by atoms with Gasteiger partial charge in [0, 0.05) is 18.7 Å². The van der Waals surface area contributed by atoms with E-state index in [0.717, 1.165) is 0 Å². The molecule has 0 saturated carbocycles. The molecule has 0 aliphatic carbocycles. The van der Waals surface area contributed by atoms with Crippen molar-refractivity contribution in [2.45, 2.75) is 50.9 Å². The predicted molar refractivity (Wildman–Crippen MR) is 104 cm³/mol. The highest BCUT2D eigenvalue weighted by Gasteiger charge is 2.30. The van der Waals surface area contributed by atoms with Gasteiger partial charge in [0.05, 0.1) is 17.1 Å². The van der Waals surface area contributed by atoms with Crippen LogP contribution in [0.3, 0.4) is 0 Å². The Morgan fingerprint density at radius 3 is 2.24 bits per heavy atom. The first-order valence-electron chi connectivity index (χ1n) is 9.24. The van der Waals surface area contributed by atoms with Gasteiger partial charge in [0.1, 0.15) is 6.54 Å². The second-order valence-electron chi connectivity index (χ2n) is 7.04. The van der Waals surface area contributed by atoms with Gasteiger partial charge in [-0.05, 0) is 39.8 Å². The monoisotopic (exact) mass is 426 g/mol. The number of nitrogens with zero attached hydrogens (tertiary/aromatic N) is 1. The van der Waals surface area contributed by atoms with E-state index in [9.17, 15) is 22.8 Å². The van der Waals surface area contributed by atoms with Crippen LogP contribution in [0, 0.1) is 0 Å². The van der Waals surface area contributed by atoms with Crippen LogP contribution in [0.15, 0.2) is 29.2 Å². The van der Waals surface area contributed by atoms with Gasteiger partial charge in [0.15, 0.2) is 11.9 Å². The molecule has 3 atom stereocenters. The second kappa shape index (κ2) is 9.47. The maximum atomic E-state index is 12.5. The van der Waals surface area contributed by atoms with Crippen LogP contribution in [-0.2, 0) is 29.1 Å². The number of hydrogen-bond acceptors (Lipinski definition) is 7. The molecule has 1 aromatic rings. The van der Waals surface area contributed by atoms with E-state index in [1.165, 1.54) is 38.1 Å². The van der Waals surface area contributed by atoms with E-state index in [2.05, 4.69) is 4.72 Å². The number of Topliss-reactive ketones (excluding diaryl/α,β-unsaturated/α-hetero) is 1. The van der Waals surface area contributed by atoms with Crippen molar-refractivity contribution in [3.05, 3.63) is 29.8 Å². The first-order chi connectivity index (χ1) is 13.5. The van der Waals surface area contributed by atoms with E-state index in [1.807, 2.05) is 13.8 Å². The van der Waals surface area contributed by atoms with E-state index < -0.39 is 28.6 Å². The Balaban J connectivity index is 1.89. The normalized spacial score (nSPS) is 20.8. The third-order valence-corrected chi connectivity index (χ3v) is 5.78. The highest BCUT2D eigenvalue weighted by atomic mass is 32.2. The van der Waals surface area contributed by atoms with Crippen LogP contribution in [0.25, 0.3) is 0 Å². The first kappa shape index (κ1) is 23.0. The molecular weight excluding hydrogens is 400 g/mol. The van der Waals surface area contributed by atoms with Gasteiger partial charge in [-0.3, -0.25) is 14.4 Å². The summed E-state index contributed by atoms with van der Waals surface area (Å²) in [6.07, 6.45) is -1.28. The van der Waals surface area contributed by atoms with Crippen LogP contribution in [0.1, 0.15) is 38.1 Å². The van der Waals surface area contributed by atoms with E-state index in [1.54, 1.807) is 4.90 Å². The number of ketones is 1. The molecule has 1 aliphatic rings. The maximum Gasteiger partial charge on any atom is 0.321 e. The number of morpholine rings is 1. The second-order valence-corrected chi connectivity index (χ2v) is 8.80. The average molecular weight is 426 g/mol. The summed E-state index contributed by atoms with van der Waals surface area (Å²) in [5.74, 6) is -1.42. The largest absolute Gasteiger partial charge is 0.452 e. The maximum absolute atomic E-state index is 12.5. The highest BCUT2D eigenvalue weighted by Crippen LogP contribution is 2.13. The molecule has 2 rings (SSSR count). The lowest BCUT2D eigenvalue weighted by molar-refractivity contribution is -0.163. The number of benzene rings is 1. The predicted octanol–water partition coefficient (Wildman–Crippen LogP) is 0.735. The number of ether oxygens (including phenoxy) is 2. The van der Waals surface area contributed by atoms with Crippen LogP contribution in [0.5, 0.6) is 0 Å². The number of sulfonamides is 1. The average Bonchev–Trinajstić information content (AvgIpc) is 2.65. The molecule has 0 radical (unpaired) electrons. The minimum atomic E-state index is -3.96. The molecule has 3 unspecified atom stereocenters. The van der Waals surface area contributed by atoms with Crippen molar-refractivity contribution in [3.8, 4) is 0 Å². The van der Waals surface area contributed by atoms with Crippen LogP contribution in [0.2, 0.25) is 0 Å². The van der Waals surface area contributed by atoms with Crippen molar-refractivity contribution in [2.75, 3.05) is 19.6 Å². The zero-order chi connectivity index (χ0) is 21.8. The van der Waals surface area contributed by atoms with Gasteiger partial charge in [-0.1, -0.05) is 12.1 Å². The quantitative estimate of drug-likeness (QED) is 0.504. The van der Waals surface area contributed by atoms with Gasteiger partial charge >= 0.3 is 5.97 Å². The van der Waals surface area contributed by atoms with Crippen molar-refractivity contribution in [3.63, 3.8) is 0 Å². The SMILES string of the molecule is CC(=O)c1ccc(S(=O)(=O)NCC(=O)OC(C)C(=O)N2CC(C)OC(C)C2)cc1. The molecule has 1 amide bonds.